The number of morpholine rings is 1. The van der Waals surface area contributed by atoms with Crippen LogP contribution in [0.3, 0.4) is 0 Å². The van der Waals surface area contributed by atoms with E-state index < -0.39 is 0 Å². The van der Waals surface area contributed by atoms with Crippen LogP contribution in [-0.4, -0.2) is 36.3 Å². The predicted molar refractivity (Wildman–Crippen MR) is 72.7 cm³/mol. The van der Waals surface area contributed by atoms with Gasteiger partial charge >= 0.3 is 0 Å². The minimum atomic E-state index is 0.732. The molecule has 0 atom stereocenters. The maximum atomic E-state index is 5.32. The summed E-state index contributed by atoms with van der Waals surface area (Å²) in [6.07, 6.45) is 7.24. The van der Waals surface area contributed by atoms with Crippen molar-refractivity contribution in [2.24, 2.45) is 0 Å². The molecule has 3 rings (SSSR count). The van der Waals surface area contributed by atoms with Crippen LogP contribution in [-0.2, 0) is 4.74 Å². The summed E-state index contributed by atoms with van der Waals surface area (Å²) in [4.78, 5) is 11.0. The molecule has 5 heteroatoms. The van der Waals surface area contributed by atoms with Crippen LogP contribution in [0.15, 0.2) is 35.1 Å². The first kappa shape index (κ1) is 11.9. The van der Waals surface area contributed by atoms with E-state index in [0.717, 1.165) is 43.7 Å². The van der Waals surface area contributed by atoms with Gasteiger partial charge in [-0.3, -0.25) is 0 Å². The molecule has 5 nitrogen and oxygen atoms in total. The number of hydrogen-bond donors (Lipinski definition) is 0. The second-order valence-corrected chi connectivity index (χ2v) is 4.23. The smallest absolute Gasteiger partial charge is 0.225 e. The Bertz CT molecular complexity index is 546. The fourth-order valence-corrected chi connectivity index (χ4v) is 1.92. The summed E-state index contributed by atoms with van der Waals surface area (Å²) in [7, 11) is 0. The highest BCUT2D eigenvalue weighted by atomic mass is 16.5. The standard InChI is InChI=1S/C14H15N3O2/c1-2-13(19-9-1)4-3-12-5-6-15-14(16-12)17-7-10-18-11-8-17/h1-6,9H,7-8,10-11H2/b4-3+. The highest BCUT2D eigenvalue weighted by molar-refractivity contribution is 5.65. The SMILES string of the molecule is C(=C\c1ccco1)/c1ccnc(N2CCOCC2)n1. The molecule has 1 aliphatic rings. The topological polar surface area (TPSA) is 51.4 Å². The third-order valence-electron chi connectivity index (χ3n) is 2.92. The van der Waals surface area contributed by atoms with E-state index in [1.807, 2.05) is 30.4 Å². The number of aromatic nitrogens is 2. The molecule has 1 saturated heterocycles. The van der Waals surface area contributed by atoms with E-state index in [2.05, 4.69) is 14.9 Å². The quantitative estimate of drug-likeness (QED) is 0.842. The lowest BCUT2D eigenvalue weighted by Crippen LogP contribution is -2.37. The van der Waals surface area contributed by atoms with Gasteiger partial charge in [0, 0.05) is 19.3 Å². The van der Waals surface area contributed by atoms with E-state index in [9.17, 15) is 0 Å². The maximum absolute atomic E-state index is 5.32. The molecule has 0 spiro atoms. The third kappa shape index (κ3) is 3.00. The zero-order chi connectivity index (χ0) is 12.9. The lowest BCUT2D eigenvalue weighted by atomic mass is 10.3. The Labute approximate surface area is 111 Å². The number of anilines is 1. The van der Waals surface area contributed by atoms with Gasteiger partial charge in [-0.25, -0.2) is 9.97 Å². The van der Waals surface area contributed by atoms with Crippen molar-refractivity contribution in [3.8, 4) is 0 Å². The average Bonchev–Trinajstić information content (AvgIpc) is 3.00. The molecule has 0 aliphatic carbocycles. The molecule has 2 aromatic rings. The lowest BCUT2D eigenvalue weighted by molar-refractivity contribution is 0.122. The summed E-state index contributed by atoms with van der Waals surface area (Å²) < 4.78 is 10.6. The van der Waals surface area contributed by atoms with E-state index >= 15 is 0 Å². The van der Waals surface area contributed by atoms with Crippen molar-refractivity contribution in [2.45, 2.75) is 0 Å². The Morgan fingerprint density at radius 1 is 1.16 bits per heavy atom. The van der Waals surface area contributed by atoms with Crippen molar-refractivity contribution >= 4 is 18.1 Å². The second kappa shape index (κ2) is 5.67. The molecule has 0 N–H and O–H groups in total. The van der Waals surface area contributed by atoms with Crippen molar-refractivity contribution in [3.63, 3.8) is 0 Å². The Balaban J connectivity index is 1.75. The van der Waals surface area contributed by atoms with Crippen molar-refractivity contribution in [1.82, 2.24) is 9.97 Å². The molecule has 1 aliphatic heterocycles. The summed E-state index contributed by atoms with van der Waals surface area (Å²) in [6.45, 7) is 3.14. The molecule has 98 valence electrons. The van der Waals surface area contributed by atoms with Gasteiger partial charge in [-0.15, -0.1) is 0 Å². The lowest BCUT2D eigenvalue weighted by Gasteiger charge is -2.26. The molecule has 0 unspecified atom stereocenters. The number of furan rings is 1. The molecule has 2 aromatic heterocycles. The van der Waals surface area contributed by atoms with E-state index in [4.69, 9.17) is 9.15 Å². The van der Waals surface area contributed by atoms with Crippen LogP contribution >= 0.6 is 0 Å². The van der Waals surface area contributed by atoms with E-state index in [0.29, 0.717) is 0 Å². The molecule has 0 saturated carbocycles. The third-order valence-corrected chi connectivity index (χ3v) is 2.92. The van der Waals surface area contributed by atoms with Gasteiger partial charge in [-0.05, 0) is 30.4 Å². The van der Waals surface area contributed by atoms with Crippen LogP contribution in [0, 0.1) is 0 Å². The maximum Gasteiger partial charge on any atom is 0.225 e. The van der Waals surface area contributed by atoms with Crippen molar-refractivity contribution in [3.05, 3.63) is 42.1 Å². The number of ether oxygens (including phenoxy) is 1. The average molecular weight is 257 g/mol. The number of rotatable bonds is 3. The highest BCUT2D eigenvalue weighted by Gasteiger charge is 2.13. The van der Waals surface area contributed by atoms with Crippen LogP contribution in [0.5, 0.6) is 0 Å². The Morgan fingerprint density at radius 3 is 2.84 bits per heavy atom. The van der Waals surface area contributed by atoms with Gasteiger partial charge in [0.15, 0.2) is 0 Å². The van der Waals surface area contributed by atoms with Gasteiger partial charge in [0.1, 0.15) is 5.76 Å². The van der Waals surface area contributed by atoms with E-state index in [-0.39, 0.29) is 0 Å². The zero-order valence-corrected chi connectivity index (χ0v) is 10.5. The van der Waals surface area contributed by atoms with E-state index in [1.165, 1.54) is 0 Å². The molecule has 0 radical (unpaired) electrons. The van der Waals surface area contributed by atoms with Crippen molar-refractivity contribution < 1.29 is 9.15 Å². The largest absolute Gasteiger partial charge is 0.465 e. The van der Waals surface area contributed by atoms with Crippen LogP contribution in [0.1, 0.15) is 11.5 Å². The van der Waals surface area contributed by atoms with Gasteiger partial charge in [0.2, 0.25) is 5.95 Å². The number of hydrogen-bond acceptors (Lipinski definition) is 5. The summed E-state index contributed by atoms with van der Waals surface area (Å²) in [5, 5.41) is 0. The van der Waals surface area contributed by atoms with Crippen LogP contribution < -0.4 is 4.90 Å². The summed E-state index contributed by atoms with van der Waals surface area (Å²) in [5.74, 6) is 1.57. The first-order valence-corrected chi connectivity index (χ1v) is 6.29. The minimum absolute atomic E-state index is 0.732. The summed E-state index contributed by atoms with van der Waals surface area (Å²) >= 11 is 0. The van der Waals surface area contributed by atoms with Crippen LogP contribution in [0.25, 0.3) is 12.2 Å². The van der Waals surface area contributed by atoms with Gasteiger partial charge in [-0.1, -0.05) is 0 Å². The van der Waals surface area contributed by atoms with Crippen LogP contribution in [0.4, 0.5) is 5.95 Å². The highest BCUT2D eigenvalue weighted by Crippen LogP contribution is 2.12. The zero-order valence-electron chi connectivity index (χ0n) is 10.5. The molecular weight excluding hydrogens is 242 g/mol. The van der Waals surface area contributed by atoms with Crippen molar-refractivity contribution in [1.29, 1.82) is 0 Å². The summed E-state index contributed by atoms with van der Waals surface area (Å²) in [5.41, 5.74) is 0.868. The first-order chi connectivity index (χ1) is 9.42. The monoisotopic (exact) mass is 257 g/mol. The molecule has 1 fully saturated rings. The van der Waals surface area contributed by atoms with Gasteiger partial charge in [0.25, 0.3) is 0 Å². The Morgan fingerprint density at radius 2 is 2.05 bits per heavy atom. The predicted octanol–water partition coefficient (Wildman–Crippen LogP) is 2.08. The molecule has 0 aromatic carbocycles. The second-order valence-electron chi connectivity index (χ2n) is 4.23. The van der Waals surface area contributed by atoms with Gasteiger partial charge < -0.3 is 14.1 Å². The van der Waals surface area contributed by atoms with Gasteiger partial charge in [-0.2, -0.15) is 0 Å². The van der Waals surface area contributed by atoms with Gasteiger partial charge in [0.05, 0.1) is 25.2 Å². The first-order valence-electron chi connectivity index (χ1n) is 6.29. The fourth-order valence-electron chi connectivity index (χ4n) is 1.92. The van der Waals surface area contributed by atoms with Crippen LogP contribution in [0.2, 0.25) is 0 Å². The Hall–Kier alpha value is -2.14. The molecular formula is C14H15N3O2. The Kier molecular flexibility index (Phi) is 3.56. The number of nitrogens with zero attached hydrogens (tertiary/aromatic N) is 3. The summed E-state index contributed by atoms with van der Waals surface area (Å²) in [6, 6.07) is 5.64. The normalized spacial score (nSPS) is 16.1. The van der Waals surface area contributed by atoms with E-state index in [1.54, 1.807) is 12.5 Å². The molecule has 0 bridgehead atoms. The molecule has 0 amide bonds. The molecule has 3 heterocycles. The fraction of sp³-hybridized carbons (Fsp3) is 0.286. The van der Waals surface area contributed by atoms with Crippen molar-refractivity contribution in [2.75, 3.05) is 31.2 Å². The minimum Gasteiger partial charge on any atom is -0.465 e. The molecule has 19 heavy (non-hydrogen) atoms.